The van der Waals surface area contributed by atoms with Crippen molar-refractivity contribution < 1.29 is 9.53 Å². The highest BCUT2D eigenvalue weighted by molar-refractivity contribution is 6.31. The molecule has 2 bridgehead atoms. The molecule has 2 N–H and O–H groups in total. The molecule has 0 aliphatic carbocycles. The average Bonchev–Trinajstić information content (AvgIpc) is 2.55. The first-order valence-corrected chi connectivity index (χ1v) is 9.09. The van der Waals surface area contributed by atoms with Gasteiger partial charge in [-0.25, -0.2) is 0 Å². The van der Waals surface area contributed by atoms with Crippen molar-refractivity contribution in [1.82, 2.24) is 10.2 Å². The lowest BCUT2D eigenvalue weighted by Gasteiger charge is -2.45. The van der Waals surface area contributed by atoms with Crippen LogP contribution in [0.5, 0.6) is 5.75 Å². The zero-order valence-electron chi connectivity index (χ0n) is 14.6. The Bertz CT molecular complexity index is 673. The molecular formula is C18H25Cl2N3O2. The lowest BCUT2D eigenvalue weighted by atomic mass is 9.84. The first kappa shape index (κ1) is 18.6. The number of carbonyl (C=O) groups is 1. The van der Waals surface area contributed by atoms with Gasteiger partial charge in [0.15, 0.2) is 5.75 Å². The minimum atomic E-state index is -0.356. The lowest BCUT2D eigenvalue weighted by Crippen LogP contribution is -2.57. The minimum absolute atomic E-state index is 0. The van der Waals surface area contributed by atoms with Gasteiger partial charge in [0.05, 0.1) is 17.8 Å². The summed E-state index contributed by atoms with van der Waals surface area (Å²) < 4.78 is 6.09. The number of hydrogen-bond donors (Lipinski definition) is 2. The minimum Gasteiger partial charge on any atom is -0.483 e. The maximum atomic E-state index is 12.9. The summed E-state index contributed by atoms with van der Waals surface area (Å²) in [5, 5.41) is 7.09. The number of amides is 1. The molecule has 0 aromatic heterocycles. The monoisotopic (exact) mass is 385 g/mol. The van der Waals surface area contributed by atoms with Crippen molar-refractivity contribution in [3.8, 4) is 5.75 Å². The molecule has 3 saturated heterocycles. The number of benzene rings is 1. The van der Waals surface area contributed by atoms with Crippen molar-refractivity contribution in [2.45, 2.75) is 38.3 Å². The first-order chi connectivity index (χ1) is 11.4. The summed E-state index contributed by atoms with van der Waals surface area (Å²) in [5.41, 5.74) is 0.959. The number of rotatable bonds is 2. The number of hydrogen-bond acceptors (Lipinski definition) is 4. The molecule has 1 amide bonds. The Morgan fingerprint density at radius 2 is 2.08 bits per heavy atom. The van der Waals surface area contributed by atoms with Crippen LogP contribution in [0.15, 0.2) is 12.1 Å². The smallest absolute Gasteiger partial charge is 0.255 e. The molecule has 4 heterocycles. The van der Waals surface area contributed by atoms with Crippen LogP contribution in [0.25, 0.3) is 0 Å². The van der Waals surface area contributed by atoms with Crippen LogP contribution in [0, 0.1) is 5.92 Å². The molecule has 3 fully saturated rings. The van der Waals surface area contributed by atoms with E-state index in [0.29, 0.717) is 28.8 Å². The number of ether oxygens (including phenoxy) is 1. The second-order valence-electron chi connectivity index (χ2n) is 7.76. The van der Waals surface area contributed by atoms with Gasteiger partial charge in [0.25, 0.3) is 5.91 Å². The van der Waals surface area contributed by atoms with Crippen LogP contribution < -0.4 is 15.4 Å². The predicted octanol–water partition coefficient (Wildman–Crippen LogP) is 3.17. The Labute approximate surface area is 159 Å². The number of carbonyl (C=O) groups excluding carboxylic acids is 1. The third kappa shape index (κ3) is 3.69. The molecule has 1 unspecified atom stereocenters. The van der Waals surface area contributed by atoms with E-state index in [1.165, 1.54) is 12.8 Å². The van der Waals surface area contributed by atoms with Crippen LogP contribution in [-0.2, 0) is 0 Å². The highest BCUT2D eigenvalue weighted by atomic mass is 35.5. The summed E-state index contributed by atoms with van der Waals surface area (Å²) in [6.07, 6.45) is 2.34. The predicted molar refractivity (Wildman–Crippen MR) is 102 cm³/mol. The highest BCUT2D eigenvalue weighted by Crippen LogP contribution is 2.39. The second kappa shape index (κ2) is 6.86. The third-order valence-electron chi connectivity index (χ3n) is 5.35. The van der Waals surface area contributed by atoms with E-state index in [1.807, 2.05) is 19.9 Å². The zero-order chi connectivity index (χ0) is 16.9. The summed E-state index contributed by atoms with van der Waals surface area (Å²) in [6, 6.07) is 3.75. The number of anilines is 1. The normalized spacial score (nSPS) is 28.8. The van der Waals surface area contributed by atoms with Crippen molar-refractivity contribution in [1.29, 1.82) is 0 Å². The van der Waals surface area contributed by atoms with Crippen LogP contribution in [0.1, 0.15) is 37.0 Å². The molecule has 5 rings (SSSR count). The van der Waals surface area contributed by atoms with E-state index < -0.39 is 0 Å². The quantitative estimate of drug-likeness (QED) is 0.820. The summed E-state index contributed by atoms with van der Waals surface area (Å²) in [5.74, 6) is 1.10. The average molecular weight is 386 g/mol. The molecule has 0 radical (unpaired) electrons. The largest absolute Gasteiger partial charge is 0.483 e. The molecule has 0 saturated carbocycles. The standard InChI is InChI=1S/C18H24ClN3O2.ClH/c1-18(2)10-20-14-8-12(19)7-13(16(14)24-18)17(23)21-15-9-22-5-3-11(15)4-6-22;/h7-8,11,15,20H,3-6,9-10H2,1-2H3,(H,21,23);1H. The van der Waals surface area contributed by atoms with Crippen LogP contribution in [-0.4, -0.2) is 48.6 Å². The van der Waals surface area contributed by atoms with Crippen LogP contribution >= 0.6 is 24.0 Å². The van der Waals surface area contributed by atoms with E-state index in [-0.39, 0.29) is 30.0 Å². The Kier molecular flexibility index (Phi) is 5.11. The fourth-order valence-corrected chi connectivity index (χ4v) is 4.22. The molecule has 1 aromatic carbocycles. The van der Waals surface area contributed by atoms with Crippen LogP contribution in [0.3, 0.4) is 0 Å². The Morgan fingerprint density at radius 3 is 2.72 bits per heavy atom. The maximum absolute atomic E-state index is 12.9. The summed E-state index contributed by atoms with van der Waals surface area (Å²) in [6.45, 7) is 7.96. The summed E-state index contributed by atoms with van der Waals surface area (Å²) in [4.78, 5) is 15.4. The van der Waals surface area contributed by atoms with Gasteiger partial charge < -0.3 is 20.3 Å². The molecule has 7 heteroatoms. The van der Waals surface area contributed by atoms with Crippen molar-refractivity contribution in [3.63, 3.8) is 0 Å². The van der Waals surface area contributed by atoms with Gasteiger partial charge in [-0.05, 0) is 57.8 Å². The van der Waals surface area contributed by atoms with Crippen molar-refractivity contribution >= 4 is 35.6 Å². The SMILES string of the molecule is CC1(C)CNc2cc(Cl)cc(C(=O)NC3CN4CCC3CC4)c2O1.Cl. The molecule has 25 heavy (non-hydrogen) atoms. The molecule has 4 aliphatic heterocycles. The van der Waals surface area contributed by atoms with E-state index in [4.69, 9.17) is 16.3 Å². The van der Waals surface area contributed by atoms with E-state index in [0.717, 1.165) is 25.3 Å². The van der Waals surface area contributed by atoms with Gasteiger partial charge in [0.2, 0.25) is 0 Å². The number of piperidine rings is 3. The van der Waals surface area contributed by atoms with E-state index in [1.54, 1.807) is 6.07 Å². The number of fused-ring (bicyclic) bond motifs is 4. The van der Waals surface area contributed by atoms with Crippen molar-refractivity contribution in [2.75, 3.05) is 31.5 Å². The van der Waals surface area contributed by atoms with Crippen LogP contribution in [0.4, 0.5) is 5.69 Å². The van der Waals surface area contributed by atoms with Gasteiger partial charge in [0, 0.05) is 17.6 Å². The number of nitrogens with one attached hydrogen (secondary N) is 2. The van der Waals surface area contributed by atoms with Gasteiger partial charge >= 0.3 is 0 Å². The van der Waals surface area contributed by atoms with Gasteiger partial charge in [0.1, 0.15) is 5.60 Å². The molecule has 1 atom stereocenters. The van der Waals surface area contributed by atoms with Crippen molar-refractivity contribution in [3.05, 3.63) is 22.7 Å². The van der Waals surface area contributed by atoms with E-state index >= 15 is 0 Å². The molecule has 0 spiro atoms. The lowest BCUT2D eigenvalue weighted by molar-refractivity contribution is 0.0612. The van der Waals surface area contributed by atoms with Gasteiger partial charge in [-0.15, -0.1) is 12.4 Å². The maximum Gasteiger partial charge on any atom is 0.255 e. The zero-order valence-corrected chi connectivity index (χ0v) is 16.2. The fraction of sp³-hybridized carbons (Fsp3) is 0.611. The Hall–Kier alpha value is -1.17. The van der Waals surface area contributed by atoms with Gasteiger partial charge in [-0.3, -0.25) is 4.79 Å². The Morgan fingerprint density at radius 1 is 1.36 bits per heavy atom. The topological polar surface area (TPSA) is 53.6 Å². The van der Waals surface area contributed by atoms with Crippen LogP contribution in [0.2, 0.25) is 5.02 Å². The molecule has 1 aromatic rings. The number of nitrogens with zero attached hydrogens (tertiary/aromatic N) is 1. The second-order valence-corrected chi connectivity index (χ2v) is 8.20. The number of halogens is 2. The van der Waals surface area contributed by atoms with E-state index in [2.05, 4.69) is 15.5 Å². The molecular weight excluding hydrogens is 361 g/mol. The van der Waals surface area contributed by atoms with Gasteiger partial charge in [-0.2, -0.15) is 0 Å². The van der Waals surface area contributed by atoms with Crippen molar-refractivity contribution in [2.24, 2.45) is 5.92 Å². The Balaban J connectivity index is 0.00000182. The molecule has 4 aliphatic rings. The third-order valence-corrected chi connectivity index (χ3v) is 5.57. The fourth-order valence-electron chi connectivity index (χ4n) is 4.00. The highest BCUT2D eigenvalue weighted by Gasteiger charge is 2.36. The van der Waals surface area contributed by atoms with Gasteiger partial charge in [-0.1, -0.05) is 11.6 Å². The van der Waals surface area contributed by atoms with E-state index in [9.17, 15) is 4.79 Å². The first-order valence-electron chi connectivity index (χ1n) is 8.71. The summed E-state index contributed by atoms with van der Waals surface area (Å²) in [7, 11) is 0. The molecule has 138 valence electrons. The molecule has 5 nitrogen and oxygen atoms in total. The summed E-state index contributed by atoms with van der Waals surface area (Å²) >= 11 is 6.22.